The summed E-state index contributed by atoms with van der Waals surface area (Å²) in [5.74, 6) is 0. The molecule has 0 aromatic carbocycles. The minimum atomic E-state index is -0.429. The van der Waals surface area contributed by atoms with Crippen molar-refractivity contribution in [3.63, 3.8) is 0 Å². The second-order valence-corrected chi connectivity index (χ2v) is 5.19. The van der Waals surface area contributed by atoms with Crippen molar-refractivity contribution in [2.45, 2.75) is 51.3 Å². The van der Waals surface area contributed by atoms with Gasteiger partial charge in [0.2, 0.25) is 0 Å². The van der Waals surface area contributed by atoms with Crippen LogP contribution in [-0.2, 0) is 4.74 Å². The van der Waals surface area contributed by atoms with E-state index in [9.17, 15) is 4.79 Å². The van der Waals surface area contributed by atoms with E-state index in [-0.39, 0.29) is 12.1 Å². The van der Waals surface area contributed by atoms with Crippen LogP contribution < -0.4 is 16.4 Å². The van der Waals surface area contributed by atoms with E-state index >= 15 is 0 Å². The highest BCUT2D eigenvalue weighted by Gasteiger charge is 2.38. The van der Waals surface area contributed by atoms with Crippen LogP contribution in [0.25, 0.3) is 0 Å². The van der Waals surface area contributed by atoms with Crippen LogP contribution in [0.15, 0.2) is 0 Å². The Morgan fingerprint density at radius 2 is 2.12 bits per heavy atom. The van der Waals surface area contributed by atoms with Crippen LogP contribution in [0.1, 0.15) is 33.6 Å². The lowest BCUT2D eigenvalue weighted by Gasteiger charge is -2.19. The maximum absolute atomic E-state index is 11.4. The molecule has 0 heterocycles. The van der Waals surface area contributed by atoms with Crippen LogP contribution in [0.4, 0.5) is 4.79 Å². The molecule has 0 aliphatic heterocycles. The van der Waals surface area contributed by atoms with E-state index in [1.54, 1.807) is 0 Å². The third-order valence-electron chi connectivity index (χ3n) is 2.28. The van der Waals surface area contributed by atoms with Gasteiger partial charge in [-0.05, 0) is 46.7 Å². The number of hydrogen-bond acceptors (Lipinski definition) is 4. The highest BCUT2D eigenvalue weighted by Crippen LogP contribution is 2.21. The molecule has 2 atom stereocenters. The zero-order valence-electron chi connectivity index (χ0n) is 10.4. The van der Waals surface area contributed by atoms with Crippen LogP contribution in [0.3, 0.4) is 0 Å². The summed E-state index contributed by atoms with van der Waals surface area (Å²) in [6.45, 7) is 7.18. The molecule has 5 nitrogen and oxygen atoms in total. The SMILES string of the molecule is CC(C)(C)OC(=O)NC1CC1NCCCN. The number of hydrogen-bond donors (Lipinski definition) is 3. The zero-order valence-corrected chi connectivity index (χ0v) is 10.4. The lowest BCUT2D eigenvalue weighted by Crippen LogP contribution is -2.37. The zero-order chi connectivity index (χ0) is 12.2. The first kappa shape index (κ1) is 13.3. The smallest absolute Gasteiger partial charge is 0.407 e. The first-order valence-electron chi connectivity index (χ1n) is 5.85. The van der Waals surface area contributed by atoms with Gasteiger partial charge in [0.1, 0.15) is 5.60 Å². The minimum Gasteiger partial charge on any atom is -0.444 e. The Bertz CT molecular complexity index is 238. The summed E-state index contributed by atoms with van der Waals surface area (Å²) in [6.07, 6.45) is 1.61. The minimum absolute atomic E-state index is 0.215. The summed E-state index contributed by atoms with van der Waals surface area (Å²) < 4.78 is 5.16. The monoisotopic (exact) mass is 229 g/mol. The van der Waals surface area contributed by atoms with Gasteiger partial charge in [0.25, 0.3) is 0 Å². The average molecular weight is 229 g/mol. The van der Waals surface area contributed by atoms with E-state index in [1.807, 2.05) is 20.8 Å². The average Bonchev–Trinajstić information content (AvgIpc) is 2.80. The molecule has 1 rings (SSSR count). The van der Waals surface area contributed by atoms with Crippen molar-refractivity contribution in [3.05, 3.63) is 0 Å². The Kier molecular flexibility index (Phi) is 4.56. The van der Waals surface area contributed by atoms with Gasteiger partial charge in [0, 0.05) is 12.1 Å². The molecule has 2 unspecified atom stereocenters. The topological polar surface area (TPSA) is 76.4 Å². The molecule has 16 heavy (non-hydrogen) atoms. The molecule has 0 radical (unpaired) electrons. The maximum Gasteiger partial charge on any atom is 0.407 e. The molecule has 0 spiro atoms. The molecule has 0 aromatic heterocycles. The van der Waals surface area contributed by atoms with Gasteiger partial charge in [0.05, 0.1) is 0 Å². The fourth-order valence-corrected chi connectivity index (χ4v) is 1.43. The third-order valence-corrected chi connectivity index (χ3v) is 2.28. The number of carbonyl (C=O) groups is 1. The van der Waals surface area contributed by atoms with Gasteiger partial charge in [-0.15, -0.1) is 0 Å². The van der Waals surface area contributed by atoms with Gasteiger partial charge >= 0.3 is 6.09 Å². The molecule has 0 bridgehead atoms. The summed E-state index contributed by atoms with van der Waals surface area (Å²) in [5.41, 5.74) is 4.96. The molecule has 1 aliphatic carbocycles. The van der Waals surface area contributed by atoms with Gasteiger partial charge in [-0.25, -0.2) is 4.79 Å². The second kappa shape index (κ2) is 5.50. The number of nitrogens with two attached hydrogens (primary N) is 1. The van der Waals surface area contributed by atoms with Crippen LogP contribution >= 0.6 is 0 Å². The fraction of sp³-hybridized carbons (Fsp3) is 0.909. The number of alkyl carbamates (subject to hydrolysis) is 1. The second-order valence-electron chi connectivity index (χ2n) is 5.19. The Labute approximate surface area is 97.1 Å². The molecule has 94 valence electrons. The Hall–Kier alpha value is -0.810. The molecule has 5 heteroatoms. The van der Waals surface area contributed by atoms with Crippen molar-refractivity contribution >= 4 is 6.09 Å². The fourth-order valence-electron chi connectivity index (χ4n) is 1.43. The van der Waals surface area contributed by atoms with Crippen molar-refractivity contribution in [1.82, 2.24) is 10.6 Å². The van der Waals surface area contributed by atoms with E-state index in [0.29, 0.717) is 12.6 Å². The van der Waals surface area contributed by atoms with Crippen molar-refractivity contribution in [2.24, 2.45) is 5.73 Å². The molecule has 1 aliphatic rings. The first-order chi connectivity index (χ1) is 7.42. The van der Waals surface area contributed by atoms with Crippen LogP contribution in [0.2, 0.25) is 0 Å². The van der Waals surface area contributed by atoms with Crippen LogP contribution in [0.5, 0.6) is 0 Å². The molecule has 0 aromatic rings. The predicted molar refractivity (Wildman–Crippen MR) is 63.2 cm³/mol. The molecule has 1 fully saturated rings. The Morgan fingerprint density at radius 3 is 2.69 bits per heavy atom. The highest BCUT2D eigenvalue weighted by molar-refractivity contribution is 5.68. The Morgan fingerprint density at radius 1 is 1.44 bits per heavy atom. The van der Waals surface area contributed by atoms with Crippen molar-refractivity contribution in [2.75, 3.05) is 13.1 Å². The highest BCUT2D eigenvalue weighted by atomic mass is 16.6. The molecular formula is C11H23N3O2. The number of nitrogens with one attached hydrogen (secondary N) is 2. The Balaban J connectivity index is 2.09. The standard InChI is InChI=1S/C11H23N3O2/c1-11(2,3)16-10(15)14-9-7-8(9)13-6-4-5-12/h8-9,13H,4-7,12H2,1-3H3,(H,14,15). The number of rotatable bonds is 5. The van der Waals surface area contributed by atoms with E-state index in [2.05, 4.69) is 10.6 Å². The van der Waals surface area contributed by atoms with E-state index < -0.39 is 5.60 Å². The number of amides is 1. The molecule has 1 amide bonds. The van der Waals surface area contributed by atoms with Gasteiger partial charge in [-0.2, -0.15) is 0 Å². The van der Waals surface area contributed by atoms with Crippen LogP contribution in [-0.4, -0.2) is 36.9 Å². The van der Waals surface area contributed by atoms with Gasteiger partial charge in [-0.3, -0.25) is 0 Å². The van der Waals surface area contributed by atoms with Gasteiger partial charge < -0.3 is 21.1 Å². The normalized spacial score (nSPS) is 24.0. The van der Waals surface area contributed by atoms with Gasteiger partial charge in [0.15, 0.2) is 0 Å². The quantitative estimate of drug-likeness (QED) is 0.603. The molecule has 1 saturated carbocycles. The van der Waals surface area contributed by atoms with Crippen molar-refractivity contribution in [1.29, 1.82) is 0 Å². The summed E-state index contributed by atoms with van der Waals surface area (Å²) in [6, 6.07) is 0.603. The molecule has 0 saturated heterocycles. The van der Waals surface area contributed by atoms with Crippen molar-refractivity contribution in [3.8, 4) is 0 Å². The molecule has 4 N–H and O–H groups in total. The summed E-state index contributed by atoms with van der Waals surface area (Å²) in [5, 5.41) is 6.16. The first-order valence-corrected chi connectivity index (χ1v) is 5.85. The van der Waals surface area contributed by atoms with E-state index in [1.165, 1.54) is 0 Å². The lowest BCUT2D eigenvalue weighted by atomic mass is 10.2. The van der Waals surface area contributed by atoms with E-state index in [0.717, 1.165) is 19.4 Å². The maximum atomic E-state index is 11.4. The van der Waals surface area contributed by atoms with E-state index in [4.69, 9.17) is 10.5 Å². The lowest BCUT2D eigenvalue weighted by molar-refractivity contribution is 0.0522. The van der Waals surface area contributed by atoms with Gasteiger partial charge in [-0.1, -0.05) is 0 Å². The summed E-state index contributed by atoms with van der Waals surface area (Å²) in [4.78, 5) is 11.4. The summed E-state index contributed by atoms with van der Waals surface area (Å²) in [7, 11) is 0. The summed E-state index contributed by atoms with van der Waals surface area (Å²) >= 11 is 0. The number of carbonyl (C=O) groups excluding carboxylic acids is 1. The van der Waals surface area contributed by atoms with Crippen molar-refractivity contribution < 1.29 is 9.53 Å². The third kappa shape index (κ3) is 5.32. The largest absolute Gasteiger partial charge is 0.444 e. The number of ether oxygens (including phenoxy) is 1. The molecular weight excluding hydrogens is 206 g/mol. The van der Waals surface area contributed by atoms with Crippen LogP contribution in [0, 0.1) is 0 Å². The predicted octanol–water partition coefficient (Wildman–Crippen LogP) is 0.590.